The first-order valence-corrected chi connectivity index (χ1v) is 10.9. The zero-order valence-corrected chi connectivity index (χ0v) is 18.4. The smallest absolute Gasteiger partial charge is 0.418 e. The summed E-state index contributed by atoms with van der Waals surface area (Å²) in [5.41, 5.74) is 5.58. The van der Waals surface area contributed by atoms with Crippen molar-refractivity contribution in [1.82, 2.24) is 15.3 Å². The van der Waals surface area contributed by atoms with E-state index in [1.54, 1.807) is 26.8 Å². The fraction of sp³-hybridized carbons (Fsp3) is 0.500. The maximum absolute atomic E-state index is 12.6. The van der Waals surface area contributed by atoms with Gasteiger partial charge in [-0.2, -0.15) is 13.5 Å². The van der Waals surface area contributed by atoms with Crippen LogP contribution in [0.2, 0.25) is 0 Å². The van der Waals surface area contributed by atoms with Crippen LogP contribution in [-0.4, -0.2) is 66.3 Å². The average molecular weight is 472 g/mol. The van der Waals surface area contributed by atoms with E-state index in [-0.39, 0.29) is 19.7 Å². The molecule has 14 heteroatoms. The maximum atomic E-state index is 12.6. The number of fused-ring (bicyclic) bond motifs is 4. The van der Waals surface area contributed by atoms with Crippen LogP contribution in [0.15, 0.2) is 18.2 Å². The molecule has 13 nitrogen and oxygen atoms in total. The second-order valence-corrected chi connectivity index (χ2v) is 9.16. The van der Waals surface area contributed by atoms with Crippen LogP contribution >= 0.6 is 0 Å². The number of primary amides is 1. The molecule has 0 spiro atoms. The minimum absolute atomic E-state index is 0.0816. The predicted octanol–water partition coefficient (Wildman–Crippen LogP) is 0.643. The van der Waals surface area contributed by atoms with Crippen molar-refractivity contribution >= 4 is 28.4 Å². The van der Waals surface area contributed by atoms with Gasteiger partial charge in [0.1, 0.15) is 30.0 Å². The zero-order valence-electron chi connectivity index (χ0n) is 17.6. The Kier molecular flexibility index (Phi) is 6.22. The lowest BCUT2D eigenvalue weighted by molar-refractivity contribution is -0.122. The van der Waals surface area contributed by atoms with Gasteiger partial charge in [-0.25, -0.2) is 9.59 Å². The summed E-state index contributed by atoms with van der Waals surface area (Å²) in [5, 5.41) is 3.01. The van der Waals surface area contributed by atoms with E-state index in [1.165, 1.54) is 12.1 Å². The summed E-state index contributed by atoms with van der Waals surface area (Å²) in [6, 6.07) is 1.58. The van der Waals surface area contributed by atoms with Crippen molar-refractivity contribution in [3.8, 4) is 5.75 Å². The summed E-state index contributed by atoms with van der Waals surface area (Å²) in [4.78, 5) is 37.3. The molecule has 2 aliphatic rings. The Bertz CT molecular complexity index is 1040. The molecule has 2 bridgehead atoms. The summed E-state index contributed by atoms with van der Waals surface area (Å²) in [6.07, 6.45) is -0.599. The van der Waals surface area contributed by atoms with Crippen LogP contribution in [0.1, 0.15) is 44.0 Å². The normalized spacial score (nSPS) is 20.1. The summed E-state index contributed by atoms with van der Waals surface area (Å²) in [5.74, 6) is -0.487. The summed E-state index contributed by atoms with van der Waals surface area (Å²) in [6.45, 7) is 5.35. The number of nitrogens with one attached hydrogen (secondary N) is 1. The second-order valence-electron chi connectivity index (χ2n) is 8.15. The monoisotopic (exact) mass is 472 g/mol. The standard InChI is InChI=1S/C18H24N4O9S/c1-18(2,3)30-16(24)20-6-7-29-10-4-5-11-12(8-10)13-9-21(14(11)15(19)23)17(25)22(13)31-32(26,27)28/h4-5,8,13-14H,6-7,9H2,1-3H3,(H2,19,23)(H,20,24)(H,26,27,28). The maximum Gasteiger partial charge on any atom is 0.418 e. The number of hydrogen-bond donors (Lipinski definition) is 3. The number of hydroxylamine groups is 2. The summed E-state index contributed by atoms with van der Waals surface area (Å²) >= 11 is 0. The van der Waals surface area contributed by atoms with Crippen molar-refractivity contribution in [1.29, 1.82) is 0 Å². The summed E-state index contributed by atoms with van der Waals surface area (Å²) < 4.78 is 46.6. The fourth-order valence-corrected chi connectivity index (χ4v) is 3.89. The van der Waals surface area contributed by atoms with E-state index >= 15 is 0 Å². The van der Waals surface area contributed by atoms with Crippen LogP contribution in [0.5, 0.6) is 5.75 Å². The zero-order chi connectivity index (χ0) is 23.8. The molecular weight excluding hydrogens is 448 g/mol. The van der Waals surface area contributed by atoms with Gasteiger partial charge in [-0.15, -0.1) is 4.28 Å². The van der Waals surface area contributed by atoms with Gasteiger partial charge in [0.05, 0.1) is 13.1 Å². The van der Waals surface area contributed by atoms with Crippen LogP contribution < -0.4 is 15.8 Å². The highest BCUT2D eigenvalue weighted by atomic mass is 32.3. The van der Waals surface area contributed by atoms with Crippen LogP contribution in [0.3, 0.4) is 0 Å². The number of nitrogens with zero attached hydrogens (tertiary/aromatic N) is 2. The Balaban J connectivity index is 1.76. The molecule has 32 heavy (non-hydrogen) atoms. The van der Waals surface area contributed by atoms with Gasteiger partial charge in [-0.3, -0.25) is 9.35 Å². The third-order valence-corrected chi connectivity index (χ3v) is 4.94. The number of urea groups is 1. The quantitative estimate of drug-likeness (QED) is 0.379. The third-order valence-electron chi connectivity index (χ3n) is 4.59. The third kappa shape index (κ3) is 5.20. The minimum Gasteiger partial charge on any atom is -0.492 e. The van der Waals surface area contributed by atoms with Crippen molar-refractivity contribution in [2.24, 2.45) is 5.73 Å². The SMILES string of the molecule is CC(C)(C)OC(=O)NCCOc1ccc2c(c1)C1CN(C(=O)N1OS(=O)(=O)O)C2C(N)=O. The van der Waals surface area contributed by atoms with Crippen molar-refractivity contribution in [3.05, 3.63) is 29.3 Å². The van der Waals surface area contributed by atoms with Gasteiger partial charge in [0.25, 0.3) is 0 Å². The fourth-order valence-electron chi connectivity index (χ4n) is 3.52. The van der Waals surface area contributed by atoms with E-state index in [0.717, 1.165) is 4.90 Å². The Hall–Kier alpha value is -3.10. The van der Waals surface area contributed by atoms with E-state index in [9.17, 15) is 22.8 Å². The van der Waals surface area contributed by atoms with Gasteiger partial charge >= 0.3 is 22.5 Å². The van der Waals surface area contributed by atoms with Crippen molar-refractivity contribution in [3.63, 3.8) is 0 Å². The molecule has 0 aromatic heterocycles. The molecule has 1 fully saturated rings. The highest BCUT2D eigenvalue weighted by Crippen LogP contribution is 2.45. The highest BCUT2D eigenvalue weighted by molar-refractivity contribution is 7.80. The average Bonchev–Trinajstić information content (AvgIpc) is 2.89. The van der Waals surface area contributed by atoms with E-state index in [1.807, 2.05) is 0 Å². The first-order chi connectivity index (χ1) is 14.8. The summed E-state index contributed by atoms with van der Waals surface area (Å²) in [7, 11) is -4.99. The lowest BCUT2D eigenvalue weighted by atomic mass is 9.90. The minimum atomic E-state index is -4.99. The Morgan fingerprint density at radius 3 is 2.56 bits per heavy atom. The Morgan fingerprint density at radius 2 is 1.97 bits per heavy atom. The second kappa shape index (κ2) is 8.44. The molecule has 4 N–H and O–H groups in total. The van der Waals surface area contributed by atoms with Gasteiger partial charge in [0.2, 0.25) is 5.91 Å². The molecule has 1 aromatic rings. The molecule has 1 aromatic carbocycles. The van der Waals surface area contributed by atoms with E-state index in [2.05, 4.69) is 9.60 Å². The van der Waals surface area contributed by atoms with Crippen LogP contribution in [0, 0.1) is 0 Å². The first-order valence-electron chi connectivity index (χ1n) is 9.56. The van der Waals surface area contributed by atoms with Crippen LogP contribution in [0.25, 0.3) is 0 Å². The molecule has 2 atom stereocenters. The molecule has 0 saturated carbocycles. The number of carbonyl (C=O) groups excluding carboxylic acids is 3. The highest BCUT2D eigenvalue weighted by Gasteiger charge is 2.51. The molecular formula is C18H24N4O9S. The van der Waals surface area contributed by atoms with Gasteiger partial charge in [-0.05, 0) is 44.0 Å². The molecule has 2 unspecified atom stereocenters. The number of hydrogen-bond acceptors (Lipinski definition) is 8. The number of amides is 4. The van der Waals surface area contributed by atoms with Crippen LogP contribution in [-0.2, 0) is 24.2 Å². The van der Waals surface area contributed by atoms with Gasteiger partial charge in [-0.1, -0.05) is 6.07 Å². The predicted molar refractivity (Wildman–Crippen MR) is 107 cm³/mol. The van der Waals surface area contributed by atoms with Crippen molar-refractivity contribution < 1.29 is 41.1 Å². The largest absolute Gasteiger partial charge is 0.492 e. The lowest BCUT2D eigenvalue weighted by Gasteiger charge is -2.31. The first kappa shape index (κ1) is 23.6. The molecule has 0 radical (unpaired) electrons. The molecule has 2 heterocycles. The van der Waals surface area contributed by atoms with E-state index in [4.69, 9.17) is 19.8 Å². The van der Waals surface area contributed by atoms with E-state index in [0.29, 0.717) is 21.9 Å². The molecule has 1 saturated heterocycles. The van der Waals surface area contributed by atoms with E-state index < -0.39 is 46.1 Å². The number of rotatable bonds is 7. The van der Waals surface area contributed by atoms with Crippen LogP contribution in [0.4, 0.5) is 9.59 Å². The van der Waals surface area contributed by atoms with Gasteiger partial charge < -0.3 is 25.4 Å². The molecule has 3 rings (SSSR count). The van der Waals surface area contributed by atoms with Crippen molar-refractivity contribution in [2.75, 3.05) is 19.7 Å². The molecule has 0 aliphatic carbocycles. The Labute approximate surface area is 184 Å². The van der Waals surface area contributed by atoms with Gasteiger partial charge in [0.15, 0.2) is 0 Å². The number of benzene rings is 1. The topological polar surface area (TPSA) is 178 Å². The lowest BCUT2D eigenvalue weighted by Crippen LogP contribution is -2.41. The molecule has 2 aliphatic heterocycles. The Morgan fingerprint density at radius 1 is 1.28 bits per heavy atom. The molecule has 4 amide bonds. The van der Waals surface area contributed by atoms with Gasteiger partial charge in [0, 0.05) is 0 Å². The number of ether oxygens (including phenoxy) is 2. The number of alkyl carbamates (subject to hydrolysis) is 1. The number of nitrogens with two attached hydrogens (primary N) is 1. The van der Waals surface area contributed by atoms with Crippen molar-refractivity contribution in [2.45, 2.75) is 38.5 Å². The molecule has 176 valence electrons. The number of carbonyl (C=O) groups is 3.